The summed E-state index contributed by atoms with van der Waals surface area (Å²) in [5.74, 6) is 0.462. The number of carbonyl (C=O) groups excluding carboxylic acids is 2. The van der Waals surface area contributed by atoms with Crippen molar-refractivity contribution in [2.75, 3.05) is 30.3 Å². The maximum atomic E-state index is 12.4. The number of benzene rings is 2. The predicted molar refractivity (Wildman–Crippen MR) is 118 cm³/mol. The maximum Gasteiger partial charge on any atom is 0.323 e. The molecule has 1 aliphatic rings. The maximum absolute atomic E-state index is 12.4. The Morgan fingerprint density at radius 1 is 1.03 bits per heavy atom. The molecule has 2 aromatic rings. The Balaban J connectivity index is 1.50. The SMILES string of the molecule is O=C(Nc1cccc(C(=O)NCCC2CCCNC2)c1)Nc1ccc(Cl)c(Cl)c1. The standard InChI is InChI=1S/C21H24Cl2N4O2/c22-18-7-6-17(12-19(18)23)27-21(29)26-16-5-1-4-15(11-16)20(28)25-10-8-14-3-2-9-24-13-14/h1,4-7,11-12,14,24H,2-3,8-10,13H2,(H,25,28)(H2,26,27,29). The Bertz CT molecular complexity index is 870. The van der Waals surface area contributed by atoms with Crippen LogP contribution in [0.5, 0.6) is 0 Å². The molecule has 1 heterocycles. The van der Waals surface area contributed by atoms with Crippen LogP contribution < -0.4 is 21.3 Å². The van der Waals surface area contributed by atoms with Crippen molar-refractivity contribution >= 4 is 46.5 Å². The summed E-state index contributed by atoms with van der Waals surface area (Å²) >= 11 is 11.8. The number of urea groups is 1. The van der Waals surface area contributed by atoms with Gasteiger partial charge in [-0.1, -0.05) is 29.3 Å². The Morgan fingerprint density at radius 2 is 1.83 bits per heavy atom. The van der Waals surface area contributed by atoms with Crippen LogP contribution in [0.1, 0.15) is 29.6 Å². The molecule has 0 aliphatic carbocycles. The van der Waals surface area contributed by atoms with Gasteiger partial charge in [0.25, 0.3) is 5.91 Å². The van der Waals surface area contributed by atoms with Crippen LogP contribution >= 0.6 is 23.2 Å². The van der Waals surface area contributed by atoms with Crippen LogP contribution in [-0.2, 0) is 0 Å². The monoisotopic (exact) mass is 434 g/mol. The zero-order valence-corrected chi connectivity index (χ0v) is 17.4. The number of rotatable bonds is 6. The van der Waals surface area contributed by atoms with Crippen molar-refractivity contribution in [3.05, 3.63) is 58.1 Å². The molecule has 1 atom stereocenters. The van der Waals surface area contributed by atoms with Gasteiger partial charge in [-0.05, 0) is 74.7 Å². The van der Waals surface area contributed by atoms with Crippen LogP contribution in [-0.4, -0.2) is 31.6 Å². The summed E-state index contributed by atoms with van der Waals surface area (Å²) in [4.78, 5) is 24.6. The summed E-state index contributed by atoms with van der Waals surface area (Å²) in [6, 6.07) is 11.2. The molecule has 0 radical (unpaired) electrons. The molecule has 3 amide bonds. The molecule has 154 valence electrons. The molecule has 0 saturated carbocycles. The summed E-state index contributed by atoms with van der Waals surface area (Å²) in [6.45, 7) is 2.74. The molecule has 8 heteroatoms. The van der Waals surface area contributed by atoms with Gasteiger partial charge in [-0.2, -0.15) is 0 Å². The lowest BCUT2D eigenvalue weighted by Crippen LogP contribution is -2.33. The fourth-order valence-electron chi connectivity index (χ4n) is 3.27. The number of amides is 3. The van der Waals surface area contributed by atoms with E-state index in [1.807, 2.05) is 0 Å². The molecule has 0 bridgehead atoms. The van der Waals surface area contributed by atoms with Gasteiger partial charge in [-0.3, -0.25) is 4.79 Å². The number of piperidine rings is 1. The highest BCUT2D eigenvalue weighted by Gasteiger charge is 2.14. The molecule has 2 aromatic carbocycles. The van der Waals surface area contributed by atoms with Crippen LogP contribution in [0.3, 0.4) is 0 Å². The smallest absolute Gasteiger partial charge is 0.323 e. The highest BCUT2D eigenvalue weighted by molar-refractivity contribution is 6.42. The van der Waals surface area contributed by atoms with Gasteiger partial charge in [0.15, 0.2) is 0 Å². The second-order valence-corrected chi connectivity index (χ2v) is 7.86. The molecule has 1 aliphatic heterocycles. The summed E-state index contributed by atoms with van der Waals surface area (Å²) in [5, 5.41) is 12.5. The molecule has 4 N–H and O–H groups in total. The molecule has 1 fully saturated rings. The third-order valence-electron chi connectivity index (χ3n) is 4.80. The second-order valence-electron chi connectivity index (χ2n) is 7.05. The summed E-state index contributed by atoms with van der Waals surface area (Å²) in [6.07, 6.45) is 3.36. The lowest BCUT2D eigenvalue weighted by Gasteiger charge is -2.22. The van der Waals surface area contributed by atoms with E-state index in [1.54, 1.807) is 42.5 Å². The number of carbonyl (C=O) groups is 2. The van der Waals surface area contributed by atoms with Crippen LogP contribution in [0.2, 0.25) is 10.0 Å². The minimum absolute atomic E-state index is 0.151. The van der Waals surface area contributed by atoms with Crippen molar-refractivity contribution in [2.24, 2.45) is 5.92 Å². The first-order valence-electron chi connectivity index (χ1n) is 9.63. The van der Waals surface area contributed by atoms with Crippen molar-refractivity contribution in [1.82, 2.24) is 10.6 Å². The molecular weight excluding hydrogens is 411 g/mol. The first kappa shape index (κ1) is 21.4. The Kier molecular flexibility index (Phi) is 7.75. The fraction of sp³-hybridized carbons (Fsp3) is 0.333. The minimum atomic E-state index is -0.439. The largest absolute Gasteiger partial charge is 0.352 e. The normalized spacial score (nSPS) is 16.1. The number of hydrogen-bond donors (Lipinski definition) is 4. The third kappa shape index (κ3) is 6.63. The first-order chi connectivity index (χ1) is 14.0. The van der Waals surface area contributed by atoms with Crippen LogP contribution in [0.4, 0.5) is 16.2 Å². The summed E-state index contributed by atoms with van der Waals surface area (Å²) in [7, 11) is 0. The average molecular weight is 435 g/mol. The molecular formula is C21H24Cl2N4O2. The topological polar surface area (TPSA) is 82.3 Å². The Labute approximate surface area is 180 Å². The quantitative estimate of drug-likeness (QED) is 0.528. The van der Waals surface area contributed by atoms with Crippen LogP contribution in [0, 0.1) is 5.92 Å². The van der Waals surface area contributed by atoms with Crippen LogP contribution in [0.25, 0.3) is 0 Å². The van der Waals surface area contributed by atoms with E-state index in [1.165, 1.54) is 12.8 Å². The average Bonchev–Trinajstić information content (AvgIpc) is 2.71. The Morgan fingerprint density at radius 3 is 2.55 bits per heavy atom. The first-order valence-corrected chi connectivity index (χ1v) is 10.4. The molecule has 6 nitrogen and oxygen atoms in total. The lowest BCUT2D eigenvalue weighted by molar-refractivity contribution is 0.0950. The van der Waals surface area contributed by atoms with E-state index in [9.17, 15) is 9.59 Å². The highest BCUT2D eigenvalue weighted by Crippen LogP contribution is 2.25. The summed E-state index contributed by atoms with van der Waals surface area (Å²) in [5.41, 5.74) is 1.54. The molecule has 1 saturated heterocycles. The van der Waals surface area contributed by atoms with Gasteiger partial charge >= 0.3 is 6.03 Å². The van der Waals surface area contributed by atoms with E-state index in [2.05, 4.69) is 21.3 Å². The Hall–Kier alpha value is -2.28. The zero-order valence-electron chi connectivity index (χ0n) is 15.9. The van der Waals surface area contributed by atoms with Crippen molar-refractivity contribution in [1.29, 1.82) is 0 Å². The van der Waals surface area contributed by atoms with Gasteiger partial charge in [0, 0.05) is 23.5 Å². The summed E-state index contributed by atoms with van der Waals surface area (Å²) < 4.78 is 0. The molecule has 0 spiro atoms. The molecule has 1 unspecified atom stereocenters. The fourth-order valence-corrected chi connectivity index (χ4v) is 3.57. The van der Waals surface area contributed by atoms with Gasteiger partial charge in [0.1, 0.15) is 0 Å². The van der Waals surface area contributed by atoms with Gasteiger partial charge in [-0.15, -0.1) is 0 Å². The second kappa shape index (κ2) is 10.5. The van der Waals surface area contributed by atoms with Crippen molar-refractivity contribution in [2.45, 2.75) is 19.3 Å². The van der Waals surface area contributed by atoms with E-state index in [0.29, 0.717) is 39.4 Å². The lowest BCUT2D eigenvalue weighted by atomic mass is 9.96. The number of hydrogen-bond acceptors (Lipinski definition) is 3. The third-order valence-corrected chi connectivity index (χ3v) is 5.54. The zero-order chi connectivity index (χ0) is 20.6. The minimum Gasteiger partial charge on any atom is -0.352 e. The van der Waals surface area contributed by atoms with E-state index >= 15 is 0 Å². The van der Waals surface area contributed by atoms with Crippen molar-refractivity contribution < 1.29 is 9.59 Å². The van der Waals surface area contributed by atoms with Crippen LogP contribution in [0.15, 0.2) is 42.5 Å². The van der Waals surface area contributed by atoms with E-state index in [4.69, 9.17) is 23.2 Å². The van der Waals surface area contributed by atoms with Gasteiger partial charge in [0.2, 0.25) is 0 Å². The van der Waals surface area contributed by atoms with Crippen molar-refractivity contribution in [3.8, 4) is 0 Å². The molecule has 0 aromatic heterocycles. The predicted octanol–water partition coefficient (Wildman–Crippen LogP) is 4.76. The van der Waals surface area contributed by atoms with Gasteiger partial charge < -0.3 is 21.3 Å². The molecule has 29 heavy (non-hydrogen) atoms. The van der Waals surface area contributed by atoms with Gasteiger partial charge in [-0.25, -0.2) is 4.79 Å². The van der Waals surface area contributed by atoms with E-state index < -0.39 is 6.03 Å². The van der Waals surface area contributed by atoms with Gasteiger partial charge in [0.05, 0.1) is 10.0 Å². The van der Waals surface area contributed by atoms with E-state index in [-0.39, 0.29) is 5.91 Å². The molecule has 3 rings (SSSR count). The number of nitrogens with one attached hydrogen (secondary N) is 4. The van der Waals surface area contributed by atoms with E-state index in [0.717, 1.165) is 19.5 Å². The van der Waals surface area contributed by atoms with Crippen molar-refractivity contribution in [3.63, 3.8) is 0 Å². The number of halogens is 2. The number of anilines is 2. The highest BCUT2D eigenvalue weighted by atomic mass is 35.5.